The number of amides is 1. The Bertz CT molecular complexity index is 775. The number of rotatable bonds is 4. The highest BCUT2D eigenvalue weighted by Crippen LogP contribution is 2.35. The van der Waals surface area contributed by atoms with Crippen molar-refractivity contribution in [1.82, 2.24) is 9.80 Å². The topological polar surface area (TPSA) is 55.8 Å². The van der Waals surface area contributed by atoms with Crippen molar-refractivity contribution in [2.24, 2.45) is 0 Å². The number of carbonyl (C=O) groups is 1. The van der Waals surface area contributed by atoms with Crippen LogP contribution in [-0.4, -0.2) is 53.6 Å². The van der Waals surface area contributed by atoms with Crippen LogP contribution in [0.5, 0.6) is 0 Å². The van der Waals surface area contributed by atoms with Crippen LogP contribution in [0, 0.1) is 0 Å². The maximum absolute atomic E-state index is 11.7. The molecule has 1 saturated heterocycles. The average molecular weight is 432 g/mol. The minimum atomic E-state index is -0.223. The summed E-state index contributed by atoms with van der Waals surface area (Å²) in [6.07, 6.45) is 0.602. The van der Waals surface area contributed by atoms with E-state index in [1.165, 1.54) is 11.4 Å². The lowest BCUT2D eigenvalue weighted by molar-refractivity contribution is -0.130. The molecule has 1 amide bonds. The van der Waals surface area contributed by atoms with Gasteiger partial charge in [0, 0.05) is 43.8 Å². The summed E-state index contributed by atoms with van der Waals surface area (Å²) in [5.41, 5.74) is 3.55. The van der Waals surface area contributed by atoms with E-state index in [0.717, 1.165) is 29.5 Å². The van der Waals surface area contributed by atoms with Crippen molar-refractivity contribution in [3.05, 3.63) is 58.6 Å². The van der Waals surface area contributed by atoms with E-state index in [9.17, 15) is 9.90 Å². The maximum Gasteiger partial charge on any atom is 0.219 e. The molecule has 144 valence electrons. The van der Waals surface area contributed by atoms with Crippen molar-refractivity contribution in [2.45, 2.75) is 25.5 Å². The summed E-state index contributed by atoms with van der Waals surface area (Å²) in [5, 5.41) is 12.7. The lowest BCUT2D eigenvalue weighted by Gasteiger charge is -2.31. The Morgan fingerprint density at radius 2 is 2.04 bits per heavy atom. The Hall–Kier alpha value is -1.89. The molecule has 2 N–H and O–H groups in total. The van der Waals surface area contributed by atoms with Gasteiger partial charge in [-0.15, -0.1) is 0 Å². The lowest BCUT2D eigenvalue weighted by Crippen LogP contribution is -2.38. The Labute approximate surface area is 169 Å². The summed E-state index contributed by atoms with van der Waals surface area (Å²) in [6.45, 7) is 3.97. The predicted octanol–water partition coefficient (Wildman–Crippen LogP) is 3.78. The molecule has 2 unspecified atom stereocenters. The van der Waals surface area contributed by atoms with Crippen molar-refractivity contribution in [3.63, 3.8) is 0 Å². The second-order valence-corrected chi connectivity index (χ2v) is 7.93. The van der Waals surface area contributed by atoms with E-state index in [0.29, 0.717) is 6.54 Å². The monoisotopic (exact) mass is 431 g/mol. The molecule has 3 aliphatic heterocycles. The first-order chi connectivity index (χ1) is 12.9. The average Bonchev–Trinajstić information content (AvgIpc) is 3.04. The molecule has 2 bridgehead atoms. The third kappa shape index (κ3) is 5.09. The summed E-state index contributed by atoms with van der Waals surface area (Å²) in [7, 11) is 1.84. The van der Waals surface area contributed by atoms with Crippen LogP contribution in [0.25, 0.3) is 0 Å². The number of nitrogens with one attached hydrogen (secondary N) is 1. The van der Waals surface area contributed by atoms with Crippen LogP contribution in [0.15, 0.2) is 53.0 Å². The summed E-state index contributed by atoms with van der Waals surface area (Å²) in [4.78, 5) is 15.7. The fourth-order valence-corrected chi connectivity index (χ4v) is 3.69. The molecule has 3 heterocycles. The van der Waals surface area contributed by atoms with Crippen molar-refractivity contribution in [3.8, 4) is 0 Å². The van der Waals surface area contributed by atoms with Gasteiger partial charge in [0.1, 0.15) is 0 Å². The number of hydrogen-bond donors (Lipinski definition) is 2. The first-order valence-electron chi connectivity index (χ1n) is 9.19. The zero-order valence-electron chi connectivity index (χ0n) is 15.7. The smallest absolute Gasteiger partial charge is 0.219 e. The first-order valence-corrected chi connectivity index (χ1v) is 9.98. The molecule has 2 aromatic carbocycles. The van der Waals surface area contributed by atoms with Crippen LogP contribution in [0.3, 0.4) is 0 Å². The number of carbonyl (C=O) groups excluding carboxylic acids is 1. The zero-order valence-corrected chi connectivity index (χ0v) is 17.3. The van der Waals surface area contributed by atoms with Gasteiger partial charge in [-0.2, -0.15) is 0 Å². The van der Waals surface area contributed by atoms with Gasteiger partial charge < -0.3 is 15.3 Å². The van der Waals surface area contributed by atoms with E-state index in [-0.39, 0.29) is 18.1 Å². The number of fused-ring (bicyclic) bond motifs is 2. The number of likely N-dealkylation sites (N-methyl/N-ethyl adjacent to an activating group) is 1. The third-order valence-corrected chi connectivity index (χ3v) is 5.76. The van der Waals surface area contributed by atoms with Crippen molar-refractivity contribution in [1.29, 1.82) is 0 Å². The van der Waals surface area contributed by atoms with Gasteiger partial charge in [0.15, 0.2) is 0 Å². The number of aliphatic hydroxyl groups is 1. The highest BCUT2D eigenvalue weighted by molar-refractivity contribution is 9.10. The molecule has 2 atom stereocenters. The molecule has 0 aromatic heterocycles. The molecule has 2 aromatic rings. The first kappa shape index (κ1) is 19.9. The van der Waals surface area contributed by atoms with Gasteiger partial charge in [0.2, 0.25) is 5.91 Å². The zero-order chi connectivity index (χ0) is 19.4. The molecule has 5 rings (SSSR count). The second-order valence-electron chi connectivity index (χ2n) is 7.08. The molecule has 27 heavy (non-hydrogen) atoms. The van der Waals surface area contributed by atoms with Crippen LogP contribution in [0.1, 0.15) is 24.9 Å². The molecule has 0 spiro atoms. The highest BCUT2D eigenvalue weighted by atomic mass is 79.9. The molecule has 0 aliphatic carbocycles. The number of aliphatic hydroxyl groups excluding tert-OH is 1. The molecule has 0 radical (unpaired) electrons. The molecule has 5 nitrogen and oxygen atoms in total. The third-order valence-electron chi connectivity index (χ3n) is 5.07. The Morgan fingerprint density at radius 1 is 1.33 bits per heavy atom. The van der Waals surface area contributed by atoms with Gasteiger partial charge in [0.05, 0.1) is 17.8 Å². The largest absolute Gasteiger partial charge is 0.392 e. The van der Waals surface area contributed by atoms with E-state index in [4.69, 9.17) is 0 Å². The summed E-state index contributed by atoms with van der Waals surface area (Å²) in [6, 6.07) is 16.3. The van der Waals surface area contributed by atoms with E-state index in [1.54, 1.807) is 11.8 Å². The van der Waals surface area contributed by atoms with Gasteiger partial charge in [-0.1, -0.05) is 30.3 Å². The van der Waals surface area contributed by atoms with Crippen LogP contribution < -0.4 is 5.32 Å². The number of β-amino-alcohol motifs (C(OH)–C–C–N with tert-alkyl or cyclic N) is 1. The second kappa shape index (κ2) is 8.87. The SMILES string of the molecule is Brc1ccc2cc1N2.CC(=O)N(C)C(CN1CCC(O)C1)c1ccccc1. The van der Waals surface area contributed by atoms with Gasteiger partial charge >= 0.3 is 0 Å². The minimum Gasteiger partial charge on any atom is -0.392 e. The summed E-state index contributed by atoms with van der Waals surface area (Å²) in [5.74, 6) is 0.0635. The quantitative estimate of drug-likeness (QED) is 0.659. The fraction of sp³-hybridized carbons (Fsp3) is 0.381. The van der Waals surface area contributed by atoms with Crippen LogP contribution in [0.4, 0.5) is 11.4 Å². The van der Waals surface area contributed by atoms with E-state index in [2.05, 4.69) is 44.3 Å². The van der Waals surface area contributed by atoms with Gasteiger partial charge in [-0.05, 0) is 46.1 Å². The number of anilines is 2. The van der Waals surface area contributed by atoms with Crippen molar-refractivity contribution in [2.75, 3.05) is 32.0 Å². The Morgan fingerprint density at radius 3 is 2.48 bits per heavy atom. The van der Waals surface area contributed by atoms with Crippen LogP contribution in [0.2, 0.25) is 0 Å². The number of benzene rings is 2. The van der Waals surface area contributed by atoms with Crippen LogP contribution in [-0.2, 0) is 4.79 Å². The predicted molar refractivity (Wildman–Crippen MR) is 112 cm³/mol. The molecule has 1 fully saturated rings. The Kier molecular flexibility index (Phi) is 6.52. The fourth-order valence-electron chi connectivity index (χ4n) is 3.35. The van der Waals surface area contributed by atoms with E-state index >= 15 is 0 Å². The molecular formula is C21H26BrN3O2. The van der Waals surface area contributed by atoms with E-state index < -0.39 is 0 Å². The van der Waals surface area contributed by atoms with Gasteiger partial charge in [0.25, 0.3) is 0 Å². The van der Waals surface area contributed by atoms with Gasteiger partial charge in [-0.25, -0.2) is 0 Å². The van der Waals surface area contributed by atoms with Gasteiger partial charge in [-0.3, -0.25) is 9.69 Å². The molecular weight excluding hydrogens is 406 g/mol. The normalized spacial score (nSPS) is 18.6. The number of hydrogen-bond acceptors (Lipinski definition) is 4. The minimum absolute atomic E-state index is 0.0454. The maximum atomic E-state index is 11.7. The molecule has 0 saturated carbocycles. The Balaban J connectivity index is 0.000000216. The number of likely N-dealkylation sites (tertiary alicyclic amines) is 1. The molecule has 6 heteroatoms. The highest BCUT2D eigenvalue weighted by Gasteiger charge is 2.26. The van der Waals surface area contributed by atoms with Crippen LogP contribution >= 0.6 is 15.9 Å². The number of nitrogens with zero attached hydrogens (tertiary/aromatic N) is 2. The standard InChI is InChI=1S/C15H22N2O2.C6H4BrN/c1-12(18)16(2)15(13-6-4-3-5-7-13)11-17-9-8-14(19)10-17;7-5-2-1-4-3-6(5)8-4/h3-7,14-15,19H,8-11H2,1-2H3;1-3,8H. The summed E-state index contributed by atoms with van der Waals surface area (Å²) < 4.78 is 1.15. The summed E-state index contributed by atoms with van der Waals surface area (Å²) >= 11 is 3.38. The number of halogens is 1. The van der Waals surface area contributed by atoms with Crippen molar-refractivity contribution >= 4 is 33.2 Å². The molecule has 3 aliphatic rings. The lowest BCUT2D eigenvalue weighted by atomic mass is 10.1. The van der Waals surface area contributed by atoms with E-state index in [1.807, 2.05) is 37.4 Å². The van der Waals surface area contributed by atoms with Crippen molar-refractivity contribution < 1.29 is 9.90 Å².